The summed E-state index contributed by atoms with van der Waals surface area (Å²) < 4.78 is 18.3. The Morgan fingerprint density at radius 2 is 2.13 bits per heavy atom. The Hall–Kier alpha value is -3.04. The molecule has 1 saturated heterocycles. The number of aromatic nitrogens is 4. The number of esters is 1. The second kappa shape index (κ2) is 9.93. The molecule has 4 heterocycles. The van der Waals surface area contributed by atoms with Crippen LogP contribution in [-0.4, -0.2) is 65.0 Å². The molecule has 0 amide bonds. The summed E-state index contributed by atoms with van der Waals surface area (Å²) in [5.74, 6) is -0.819. The molecule has 6 atom stereocenters. The Balaban J connectivity index is 1.23. The van der Waals surface area contributed by atoms with Crippen molar-refractivity contribution in [3.05, 3.63) is 63.7 Å². The number of hydrogen-bond donors (Lipinski definition) is 6. The van der Waals surface area contributed by atoms with Crippen LogP contribution in [0.5, 0.6) is 0 Å². The summed E-state index contributed by atoms with van der Waals surface area (Å²) in [6, 6.07) is 9.20. The average molecular weight is 566 g/mol. The summed E-state index contributed by atoms with van der Waals surface area (Å²) in [7, 11) is -3.39. The standard InChI is InChI=1S/C22H25N6O8PS/c1-11(12-6-4-3-5-7-12)35-19(31)13-9-38-37(33,27-13)34-8-14-16(29)22(2,32)20(36-14)28-10-24-15-17(28)25-21(23)26-18(15)30/h3-7,9-11,14,16,20,27,29,32-33H,8H2,1-2H3,(H2-,23,25,26,30)/p+1/t11-,14?,16-,20-,22-,37?/m1/s1. The highest BCUT2D eigenvalue weighted by molar-refractivity contribution is 8.60. The monoisotopic (exact) mass is 565 g/mol. The lowest BCUT2D eigenvalue weighted by atomic mass is 9.96. The number of fused-ring (bicyclic) bond motifs is 1. The van der Waals surface area contributed by atoms with Gasteiger partial charge in [0.05, 0.1) is 11.7 Å². The van der Waals surface area contributed by atoms with Crippen LogP contribution in [0.1, 0.15) is 31.7 Å². The number of hydrogen-bond acceptors (Lipinski definition) is 13. The highest BCUT2D eigenvalue weighted by Gasteiger charge is 2.56. The Morgan fingerprint density at radius 1 is 1.39 bits per heavy atom. The first-order valence-electron chi connectivity index (χ1n) is 11.5. The van der Waals surface area contributed by atoms with Crippen LogP contribution >= 0.6 is 18.5 Å². The summed E-state index contributed by atoms with van der Waals surface area (Å²) in [5, 5.41) is 25.9. The van der Waals surface area contributed by atoms with Crippen molar-refractivity contribution in [1.29, 1.82) is 0 Å². The van der Waals surface area contributed by atoms with E-state index in [9.17, 15) is 24.7 Å². The van der Waals surface area contributed by atoms with Gasteiger partial charge in [-0.15, -0.1) is 0 Å². The second-order valence-electron chi connectivity index (χ2n) is 9.00. The molecule has 0 spiro atoms. The molecule has 14 nitrogen and oxygen atoms in total. The maximum atomic E-state index is 12.6. The zero-order valence-electron chi connectivity index (χ0n) is 20.2. The fraction of sp³-hybridized carbons (Fsp3) is 0.364. The molecule has 2 aliphatic rings. The average Bonchev–Trinajstić information content (AvgIpc) is 3.54. The predicted molar refractivity (Wildman–Crippen MR) is 138 cm³/mol. The molecular weight excluding hydrogens is 539 g/mol. The van der Waals surface area contributed by atoms with Gasteiger partial charge in [-0.1, -0.05) is 30.3 Å². The van der Waals surface area contributed by atoms with E-state index in [1.165, 1.54) is 23.2 Å². The molecule has 0 saturated carbocycles. The molecule has 0 bridgehead atoms. The van der Waals surface area contributed by atoms with Crippen molar-refractivity contribution in [2.45, 2.75) is 44.0 Å². The zero-order valence-corrected chi connectivity index (χ0v) is 21.9. The van der Waals surface area contributed by atoms with Crippen LogP contribution in [0.25, 0.3) is 11.2 Å². The number of nitrogens with two attached hydrogens (primary N) is 1. The molecule has 0 radical (unpaired) electrons. The van der Waals surface area contributed by atoms with Crippen molar-refractivity contribution in [2.24, 2.45) is 0 Å². The minimum Gasteiger partial charge on any atom is -0.453 e. The molecule has 16 heteroatoms. The third kappa shape index (κ3) is 4.89. The van der Waals surface area contributed by atoms with Gasteiger partial charge in [0.1, 0.15) is 41.9 Å². The molecular formula is C22H26N6O8PS+. The molecule has 2 unspecified atom stereocenters. The van der Waals surface area contributed by atoms with Gasteiger partial charge < -0.3 is 25.4 Å². The highest BCUT2D eigenvalue weighted by Crippen LogP contribution is 2.68. The van der Waals surface area contributed by atoms with Crippen LogP contribution in [0.4, 0.5) is 5.95 Å². The number of nitrogens with zero attached hydrogens (tertiary/aromatic N) is 3. The molecule has 0 aliphatic carbocycles. The van der Waals surface area contributed by atoms with Gasteiger partial charge in [0.2, 0.25) is 5.95 Å². The topological polar surface area (TPSA) is 207 Å². The summed E-state index contributed by atoms with van der Waals surface area (Å²) in [5.41, 5.74) is 4.11. The first-order valence-corrected chi connectivity index (χ1v) is 14.6. The van der Waals surface area contributed by atoms with Crippen LogP contribution in [0.3, 0.4) is 0 Å². The fourth-order valence-electron chi connectivity index (χ4n) is 4.17. The van der Waals surface area contributed by atoms with Gasteiger partial charge in [0.25, 0.3) is 5.56 Å². The molecule has 2 aliphatic heterocycles. The van der Waals surface area contributed by atoms with Crippen LogP contribution < -0.4 is 16.4 Å². The van der Waals surface area contributed by atoms with E-state index in [0.717, 1.165) is 16.9 Å². The lowest BCUT2D eigenvalue weighted by molar-refractivity contribution is -0.144. The number of anilines is 1. The number of aliphatic hydroxyl groups excluding tert-OH is 1. The van der Waals surface area contributed by atoms with E-state index in [4.69, 9.17) is 19.7 Å². The van der Waals surface area contributed by atoms with Gasteiger partial charge in [0, 0.05) is 0 Å². The van der Waals surface area contributed by atoms with Crippen molar-refractivity contribution in [2.75, 3.05) is 12.3 Å². The van der Waals surface area contributed by atoms with Crippen molar-refractivity contribution >= 4 is 41.5 Å². The maximum Gasteiger partial charge on any atom is 0.440 e. The molecule has 38 heavy (non-hydrogen) atoms. The number of aliphatic hydroxyl groups is 2. The van der Waals surface area contributed by atoms with Crippen LogP contribution in [-0.2, 0) is 18.8 Å². The van der Waals surface area contributed by atoms with Gasteiger partial charge in [0.15, 0.2) is 23.1 Å². The highest BCUT2D eigenvalue weighted by atomic mass is 32.7. The van der Waals surface area contributed by atoms with E-state index >= 15 is 0 Å². The van der Waals surface area contributed by atoms with Crippen molar-refractivity contribution in [3.8, 4) is 0 Å². The van der Waals surface area contributed by atoms with Gasteiger partial charge in [-0.2, -0.15) is 19.5 Å². The number of benzene rings is 1. The first kappa shape index (κ1) is 26.6. The first-order chi connectivity index (χ1) is 18.0. The third-order valence-electron chi connectivity index (χ3n) is 6.22. The normalized spacial score (nSPS) is 29.7. The van der Waals surface area contributed by atoms with E-state index in [2.05, 4.69) is 20.0 Å². The van der Waals surface area contributed by atoms with Gasteiger partial charge in [-0.25, -0.2) is 9.78 Å². The quantitative estimate of drug-likeness (QED) is 0.174. The number of H-pyrrole nitrogens is 1. The Labute approximate surface area is 220 Å². The summed E-state index contributed by atoms with van der Waals surface area (Å²) >= 11 is 0.886. The molecule has 7 N–H and O–H groups in total. The Morgan fingerprint density at radius 3 is 2.87 bits per heavy atom. The lowest BCUT2D eigenvalue weighted by Gasteiger charge is -2.27. The number of nitrogen functional groups attached to an aromatic ring is 1. The van der Waals surface area contributed by atoms with Gasteiger partial charge in [-0.3, -0.25) is 14.3 Å². The van der Waals surface area contributed by atoms with Crippen molar-refractivity contribution < 1.29 is 33.9 Å². The zero-order chi connectivity index (χ0) is 27.2. The molecule has 5 rings (SSSR count). The Bertz CT molecular complexity index is 1450. The molecule has 2 aromatic heterocycles. The van der Waals surface area contributed by atoms with Crippen LogP contribution in [0, 0.1) is 0 Å². The Kier molecular flexibility index (Phi) is 6.94. The number of carbonyl (C=O) groups excluding carboxylic acids is 1. The molecule has 1 fully saturated rings. The van der Waals surface area contributed by atoms with E-state index in [1.54, 1.807) is 6.92 Å². The van der Waals surface area contributed by atoms with Gasteiger partial charge in [-0.05, 0) is 19.4 Å². The van der Waals surface area contributed by atoms with Crippen molar-refractivity contribution in [3.63, 3.8) is 0 Å². The maximum absolute atomic E-state index is 12.6. The minimum atomic E-state index is -3.39. The summed E-state index contributed by atoms with van der Waals surface area (Å²) in [6.45, 7) is 2.75. The third-order valence-corrected chi connectivity index (χ3v) is 9.63. The smallest absolute Gasteiger partial charge is 0.440 e. The number of rotatable bonds is 7. The minimum absolute atomic E-state index is 0.0216. The number of carbonyl (C=O) groups is 1. The summed E-state index contributed by atoms with van der Waals surface area (Å²) in [4.78, 5) is 46.0. The second-order valence-corrected chi connectivity index (χ2v) is 13.1. The van der Waals surface area contributed by atoms with E-state index in [0.29, 0.717) is 0 Å². The van der Waals surface area contributed by atoms with Gasteiger partial charge >= 0.3 is 13.0 Å². The lowest BCUT2D eigenvalue weighted by Crippen LogP contribution is -2.44. The van der Waals surface area contributed by atoms with Crippen LogP contribution in [0.2, 0.25) is 0 Å². The van der Waals surface area contributed by atoms with E-state index in [1.807, 2.05) is 30.3 Å². The molecule has 202 valence electrons. The number of imidazole rings is 1. The van der Waals surface area contributed by atoms with Crippen LogP contribution in [0.15, 0.2) is 52.6 Å². The largest absolute Gasteiger partial charge is 0.453 e. The molecule has 3 aromatic rings. The predicted octanol–water partition coefficient (Wildman–Crippen LogP) is 0.880. The number of aromatic amines is 1. The number of ether oxygens (including phenoxy) is 2. The fourth-order valence-corrected chi connectivity index (χ4v) is 7.21. The number of nitrogens with one attached hydrogen (secondary N) is 2. The SMILES string of the molecule is C[C@@H](OC(=O)C1=CS[P+](O)(OCC2O[C@@H](n3cnc4c(=O)[nH]c(N)nc43)[C@](C)(O)[C@@H]2O)N1)c1ccccc1. The van der Waals surface area contributed by atoms with E-state index in [-0.39, 0.29) is 29.4 Å². The molecule has 1 aromatic carbocycles. The van der Waals surface area contributed by atoms with E-state index < -0.39 is 48.7 Å². The van der Waals surface area contributed by atoms with Crippen molar-refractivity contribution in [1.82, 2.24) is 24.6 Å². The summed E-state index contributed by atoms with van der Waals surface area (Å²) in [6.07, 6.45) is -3.01.